The van der Waals surface area contributed by atoms with Crippen molar-refractivity contribution in [1.82, 2.24) is 5.32 Å². The number of halogens is 2. The van der Waals surface area contributed by atoms with Gasteiger partial charge in [-0.3, -0.25) is 4.79 Å². The van der Waals surface area contributed by atoms with Crippen molar-refractivity contribution in [2.45, 2.75) is 6.04 Å². The number of likely N-dealkylation sites (N-methyl/N-ethyl adjacent to an activating group) is 1. The van der Waals surface area contributed by atoms with Crippen LogP contribution in [0.1, 0.15) is 27.5 Å². The Balaban J connectivity index is 2.46. The predicted octanol–water partition coefficient (Wildman–Crippen LogP) is 2.32. The highest BCUT2D eigenvalue weighted by Gasteiger charge is 2.19. The molecule has 1 amide bonds. The average molecular weight is 317 g/mol. The van der Waals surface area contributed by atoms with Gasteiger partial charge in [-0.25, -0.2) is 8.78 Å². The summed E-state index contributed by atoms with van der Waals surface area (Å²) in [4.78, 5) is 11.5. The highest BCUT2D eigenvalue weighted by Crippen LogP contribution is 2.24. The molecule has 0 heterocycles. The third-order valence-electron chi connectivity index (χ3n) is 3.46. The highest BCUT2D eigenvalue weighted by molar-refractivity contribution is 5.94. The molecule has 6 heteroatoms. The van der Waals surface area contributed by atoms with Gasteiger partial charge >= 0.3 is 0 Å². The van der Waals surface area contributed by atoms with E-state index in [-0.39, 0.29) is 16.9 Å². The summed E-state index contributed by atoms with van der Waals surface area (Å²) >= 11 is 0. The summed E-state index contributed by atoms with van der Waals surface area (Å²) < 4.78 is 27.2. The van der Waals surface area contributed by atoms with Crippen LogP contribution in [0.4, 0.5) is 8.78 Å². The molecule has 0 saturated heterocycles. The SMILES string of the molecule is CNC(/C=C(\N)c1ccc(F)cc1)c1c(F)cccc1C(N)=O. The molecule has 0 radical (unpaired) electrons. The van der Waals surface area contributed by atoms with E-state index in [0.717, 1.165) is 0 Å². The van der Waals surface area contributed by atoms with Crippen molar-refractivity contribution in [3.05, 3.63) is 76.9 Å². The van der Waals surface area contributed by atoms with Crippen molar-refractivity contribution in [3.63, 3.8) is 0 Å². The molecule has 1 unspecified atom stereocenters. The molecule has 2 aromatic rings. The topological polar surface area (TPSA) is 81.1 Å². The first-order chi connectivity index (χ1) is 10.9. The molecule has 2 aromatic carbocycles. The average Bonchev–Trinajstić information content (AvgIpc) is 2.53. The lowest BCUT2D eigenvalue weighted by Gasteiger charge is -2.17. The maximum absolute atomic E-state index is 14.2. The number of carbonyl (C=O) groups excluding carboxylic acids is 1. The van der Waals surface area contributed by atoms with Crippen LogP contribution in [0.3, 0.4) is 0 Å². The van der Waals surface area contributed by atoms with Crippen LogP contribution < -0.4 is 16.8 Å². The summed E-state index contributed by atoms with van der Waals surface area (Å²) in [6, 6.07) is 9.04. The molecular weight excluding hydrogens is 300 g/mol. The second-order valence-corrected chi connectivity index (χ2v) is 4.96. The van der Waals surface area contributed by atoms with Crippen LogP contribution in [-0.4, -0.2) is 13.0 Å². The van der Waals surface area contributed by atoms with E-state index >= 15 is 0 Å². The zero-order chi connectivity index (χ0) is 17.0. The summed E-state index contributed by atoms with van der Waals surface area (Å²) in [5, 5.41) is 2.89. The number of hydrogen-bond donors (Lipinski definition) is 3. The van der Waals surface area contributed by atoms with E-state index in [1.807, 2.05) is 0 Å². The minimum atomic E-state index is -0.728. The van der Waals surface area contributed by atoms with Gasteiger partial charge in [0, 0.05) is 16.8 Å². The summed E-state index contributed by atoms with van der Waals surface area (Å²) in [5.74, 6) is -1.67. The van der Waals surface area contributed by atoms with Gasteiger partial charge in [0.05, 0.1) is 6.04 Å². The first kappa shape index (κ1) is 16.6. The van der Waals surface area contributed by atoms with Crippen LogP contribution in [0.5, 0.6) is 0 Å². The number of nitrogens with two attached hydrogens (primary N) is 2. The van der Waals surface area contributed by atoms with Crippen LogP contribution >= 0.6 is 0 Å². The lowest BCUT2D eigenvalue weighted by atomic mass is 9.97. The van der Waals surface area contributed by atoms with Gasteiger partial charge in [-0.2, -0.15) is 0 Å². The maximum atomic E-state index is 14.2. The van der Waals surface area contributed by atoms with Gasteiger partial charge in [0.15, 0.2) is 0 Å². The fraction of sp³-hybridized carbons (Fsp3) is 0.118. The second-order valence-electron chi connectivity index (χ2n) is 4.96. The third kappa shape index (κ3) is 3.73. The maximum Gasteiger partial charge on any atom is 0.249 e. The van der Waals surface area contributed by atoms with E-state index in [9.17, 15) is 13.6 Å². The normalized spacial score (nSPS) is 12.9. The Labute approximate surface area is 132 Å². The Morgan fingerprint density at radius 3 is 2.35 bits per heavy atom. The Bertz CT molecular complexity index is 742. The smallest absolute Gasteiger partial charge is 0.249 e. The molecule has 23 heavy (non-hydrogen) atoms. The van der Waals surface area contributed by atoms with Crippen LogP contribution in [0.15, 0.2) is 48.5 Å². The first-order valence-electron chi connectivity index (χ1n) is 6.92. The fourth-order valence-electron chi connectivity index (χ4n) is 2.30. The zero-order valence-electron chi connectivity index (χ0n) is 12.5. The summed E-state index contributed by atoms with van der Waals surface area (Å²) in [6.45, 7) is 0. The molecule has 0 fully saturated rings. The van der Waals surface area contributed by atoms with Crippen molar-refractivity contribution in [1.29, 1.82) is 0 Å². The minimum absolute atomic E-state index is 0.0764. The van der Waals surface area contributed by atoms with Crippen molar-refractivity contribution in [2.75, 3.05) is 7.05 Å². The van der Waals surface area contributed by atoms with Gasteiger partial charge < -0.3 is 16.8 Å². The molecule has 0 aliphatic rings. The Hall–Kier alpha value is -2.73. The molecular formula is C17H17F2N3O. The first-order valence-corrected chi connectivity index (χ1v) is 6.92. The van der Waals surface area contributed by atoms with E-state index in [1.165, 1.54) is 42.5 Å². The predicted molar refractivity (Wildman–Crippen MR) is 85.3 cm³/mol. The van der Waals surface area contributed by atoms with Crippen LogP contribution in [-0.2, 0) is 0 Å². The van der Waals surface area contributed by atoms with Gasteiger partial charge in [0.1, 0.15) is 11.6 Å². The Morgan fingerprint density at radius 2 is 1.78 bits per heavy atom. The van der Waals surface area contributed by atoms with Crippen LogP contribution in [0.2, 0.25) is 0 Å². The molecule has 0 aliphatic heterocycles. The largest absolute Gasteiger partial charge is 0.398 e. The molecule has 0 spiro atoms. The summed E-state index contributed by atoms with van der Waals surface area (Å²) in [7, 11) is 1.61. The number of benzene rings is 2. The minimum Gasteiger partial charge on any atom is -0.398 e. The number of rotatable bonds is 5. The number of hydrogen-bond acceptors (Lipinski definition) is 3. The number of nitrogens with one attached hydrogen (secondary N) is 1. The molecule has 0 aromatic heterocycles. The van der Waals surface area contributed by atoms with E-state index in [1.54, 1.807) is 13.1 Å². The van der Waals surface area contributed by atoms with Gasteiger partial charge in [-0.15, -0.1) is 0 Å². The third-order valence-corrected chi connectivity index (χ3v) is 3.46. The summed E-state index contributed by atoms with van der Waals surface area (Å²) in [5.41, 5.74) is 12.4. The molecule has 1 atom stereocenters. The quantitative estimate of drug-likeness (QED) is 0.791. The van der Waals surface area contributed by atoms with Gasteiger partial charge in [0.25, 0.3) is 0 Å². The lowest BCUT2D eigenvalue weighted by molar-refractivity contribution is 0.0998. The van der Waals surface area contributed by atoms with Gasteiger partial charge in [-0.1, -0.05) is 18.2 Å². The molecule has 5 N–H and O–H groups in total. The molecule has 4 nitrogen and oxygen atoms in total. The summed E-state index contributed by atoms with van der Waals surface area (Å²) in [6.07, 6.45) is 1.55. The van der Waals surface area contributed by atoms with E-state index in [4.69, 9.17) is 11.5 Å². The van der Waals surface area contributed by atoms with Crippen LogP contribution in [0, 0.1) is 11.6 Å². The molecule has 0 saturated carbocycles. The van der Waals surface area contributed by atoms with Crippen molar-refractivity contribution in [3.8, 4) is 0 Å². The highest BCUT2D eigenvalue weighted by atomic mass is 19.1. The molecule has 0 bridgehead atoms. The van der Waals surface area contributed by atoms with Gasteiger partial charge in [-0.05, 0) is 43.0 Å². The van der Waals surface area contributed by atoms with E-state index in [2.05, 4.69) is 5.32 Å². The van der Waals surface area contributed by atoms with Crippen molar-refractivity contribution >= 4 is 11.6 Å². The van der Waals surface area contributed by atoms with E-state index in [0.29, 0.717) is 11.3 Å². The molecule has 0 aliphatic carbocycles. The fourth-order valence-corrected chi connectivity index (χ4v) is 2.30. The number of carbonyl (C=O) groups is 1. The molecule has 120 valence electrons. The Kier molecular flexibility index (Phi) is 5.08. The standard InChI is InChI=1S/C17H17F2N3O/c1-22-15(9-14(20)10-5-7-11(18)8-6-10)16-12(17(21)23)3-2-4-13(16)19/h2-9,15,22H,20H2,1H3,(H2,21,23)/b14-9-. The second kappa shape index (κ2) is 7.02. The van der Waals surface area contributed by atoms with Crippen LogP contribution in [0.25, 0.3) is 5.70 Å². The number of amides is 1. The van der Waals surface area contributed by atoms with Crippen molar-refractivity contribution in [2.24, 2.45) is 11.5 Å². The zero-order valence-corrected chi connectivity index (χ0v) is 12.5. The monoisotopic (exact) mass is 317 g/mol. The lowest BCUT2D eigenvalue weighted by Crippen LogP contribution is -2.23. The van der Waals surface area contributed by atoms with E-state index < -0.39 is 17.8 Å². The Morgan fingerprint density at radius 1 is 1.13 bits per heavy atom. The molecule has 2 rings (SSSR count). The van der Waals surface area contributed by atoms with Crippen molar-refractivity contribution < 1.29 is 13.6 Å². The number of primary amides is 1. The van der Waals surface area contributed by atoms with Gasteiger partial charge in [0.2, 0.25) is 5.91 Å².